The molecule has 0 aliphatic carbocycles. The third-order valence-corrected chi connectivity index (χ3v) is 2.73. The minimum Gasteiger partial charge on any atom is -0.435 e. The number of alkyl halides is 2. The minimum absolute atomic E-state index is 0.0932. The Morgan fingerprint density at radius 1 is 1.47 bits per heavy atom. The molecule has 0 aromatic heterocycles. The van der Waals surface area contributed by atoms with Crippen LogP contribution in [0.2, 0.25) is 0 Å². The summed E-state index contributed by atoms with van der Waals surface area (Å²) in [5.41, 5.74) is 1.55. The van der Waals surface area contributed by atoms with Crippen LogP contribution in [0.15, 0.2) is 18.2 Å². The highest BCUT2D eigenvalue weighted by Gasteiger charge is 2.17. The van der Waals surface area contributed by atoms with Crippen LogP contribution in [0, 0.1) is 6.92 Å². The molecule has 1 fully saturated rings. The van der Waals surface area contributed by atoms with E-state index in [-0.39, 0.29) is 11.9 Å². The number of hydrogen-bond donors (Lipinski definition) is 1. The highest BCUT2D eigenvalue weighted by atomic mass is 19.3. The van der Waals surface area contributed by atoms with Crippen molar-refractivity contribution in [1.82, 2.24) is 5.32 Å². The Bertz CT molecular complexity index is 379. The van der Waals surface area contributed by atoms with Gasteiger partial charge in [0.1, 0.15) is 5.75 Å². The Labute approximate surface area is 98.7 Å². The lowest BCUT2D eigenvalue weighted by atomic mass is 10.1. The van der Waals surface area contributed by atoms with Gasteiger partial charge in [0.05, 0.1) is 12.7 Å². The Morgan fingerprint density at radius 3 is 2.94 bits per heavy atom. The zero-order valence-corrected chi connectivity index (χ0v) is 9.58. The summed E-state index contributed by atoms with van der Waals surface area (Å²) in [7, 11) is 0. The number of benzene rings is 1. The summed E-state index contributed by atoms with van der Waals surface area (Å²) in [4.78, 5) is 0. The lowest BCUT2D eigenvalue weighted by Gasteiger charge is -2.24. The molecule has 1 saturated heterocycles. The van der Waals surface area contributed by atoms with Gasteiger partial charge in [0, 0.05) is 13.1 Å². The van der Waals surface area contributed by atoms with Gasteiger partial charge in [-0.15, -0.1) is 0 Å². The van der Waals surface area contributed by atoms with Crippen LogP contribution in [-0.4, -0.2) is 26.3 Å². The first-order chi connectivity index (χ1) is 8.16. The van der Waals surface area contributed by atoms with Crippen molar-refractivity contribution >= 4 is 0 Å². The molecular formula is C12H15F2NO2. The Kier molecular flexibility index (Phi) is 3.91. The van der Waals surface area contributed by atoms with Gasteiger partial charge in [0.15, 0.2) is 0 Å². The molecule has 17 heavy (non-hydrogen) atoms. The number of hydrogen-bond acceptors (Lipinski definition) is 3. The predicted molar refractivity (Wildman–Crippen MR) is 59.4 cm³/mol. The van der Waals surface area contributed by atoms with Gasteiger partial charge in [0.25, 0.3) is 0 Å². The SMILES string of the molecule is Cc1ccc(C2CNCCO2)cc1OC(F)F. The van der Waals surface area contributed by atoms with E-state index in [1.807, 2.05) is 6.07 Å². The number of aryl methyl sites for hydroxylation is 1. The van der Waals surface area contributed by atoms with Crippen LogP contribution in [0.25, 0.3) is 0 Å². The molecule has 0 spiro atoms. The molecular weight excluding hydrogens is 228 g/mol. The largest absolute Gasteiger partial charge is 0.435 e. The fourth-order valence-corrected chi connectivity index (χ4v) is 1.82. The number of morpholine rings is 1. The van der Waals surface area contributed by atoms with Crippen molar-refractivity contribution < 1.29 is 18.3 Å². The Hall–Kier alpha value is -1.20. The molecule has 5 heteroatoms. The first-order valence-electron chi connectivity index (χ1n) is 5.54. The van der Waals surface area contributed by atoms with Crippen LogP contribution < -0.4 is 10.1 Å². The first-order valence-corrected chi connectivity index (χ1v) is 5.54. The number of halogens is 2. The monoisotopic (exact) mass is 243 g/mol. The summed E-state index contributed by atoms with van der Waals surface area (Å²) in [6.45, 7) is 1.08. The van der Waals surface area contributed by atoms with Crippen molar-refractivity contribution in [1.29, 1.82) is 0 Å². The molecule has 0 bridgehead atoms. The van der Waals surface area contributed by atoms with E-state index < -0.39 is 6.61 Å². The maximum Gasteiger partial charge on any atom is 0.387 e. The number of rotatable bonds is 3. The second-order valence-corrected chi connectivity index (χ2v) is 3.97. The highest BCUT2D eigenvalue weighted by molar-refractivity contribution is 5.37. The van der Waals surface area contributed by atoms with E-state index in [4.69, 9.17) is 4.74 Å². The Morgan fingerprint density at radius 2 is 2.29 bits per heavy atom. The average Bonchev–Trinajstić information content (AvgIpc) is 2.32. The summed E-state index contributed by atoms with van der Waals surface area (Å²) in [6.07, 6.45) is -0.0932. The molecule has 1 aliphatic rings. The minimum atomic E-state index is -2.80. The van der Waals surface area contributed by atoms with E-state index in [0.717, 1.165) is 12.1 Å². The smallest absolute Gasteiger partial charge is 0.387 e. The van der Waals surface area contributed by atoms with Crippen LogP contribution in [0.4, 0.5) is 8.78 Å². The van der Waals surface area contributed by atoms with E-state index in [1.165, 1.54) is 0 Å². The van der Waals surface area contributed by atoms with E-state index >= 15 is 0 Å². The van der Waals surface area contributed by atoms with E-state index in [1.54, 1.807) is 19.1 Å². The summed E-state index contributed by atoms with van der Waals surface area (Å²) in [5, 5.41) is 3.19. The van der Waals surface area contributed by atoms with Crippen LogP contribution in [-0.2, 0) is 4.74 Å². The molecule has 1 heterocycles. The zero-order chi connectivity index (χ0) is 12.3. The van der Waals surface area contributed by atoms with Crippen molar-refractivity contribution in [2.24, 2.45) is 0 Å². The van der Waals surface area contributed by atoms with Gasteiger partial charge in [-0.1, -0.05) is 12.1 Å². The number of nitrogens with one attached hydrogen (secondary N) is 1. The third-order valence-electron chi connectivity index (χ3n) is 2.73. The first kappa shape index (κ1) is 12.3. The second-order valence-electron chi connectivity index (χ2n) is 3.97. The van der Waals surface area contributed by atoms with Crippen molar-refractivity contribution in [2.45, 2.75) is 19.6 Å². The van der Waals surface area contributed by atoms with Crippen molar-refractivity contribution in [3.8, 4) is 5.75 Å². The summed E-state index contributed by atoms with van der Waals surface area (Å²) >= 11 is 0. The molecule has 0 radical (unpaired) electrons. The molecule has 3 nitrogen and oxygen atoms in total. The van der Waals surface area contributed by atoms with E-state index in [9.17, 15) is 8.78 Å². The van der Waals surface area contributed by atoms with Crippen LogP contribution >= 0.6 is 0 Å². The molecule has 1 atom stereocenters. The lowest BCUT2D eigenvalue weighted by Crippen LogP contribution is -2.33. The highest BCUT2D eigenvalue weighted by Crippen LogP contribution is 2.27. The topological polar surface area (TPSA) is 30.5 Å². The normalized spacial score (nSPS) is 20.6. The van der Waals surface area contributed by atoms with Gasteiger partial charge >= 0.3 is 6.61 Å². The van der Waals surface area contributed by atoms with Gasteiger partial charge < -0.3 is 14.8 Å². The van der Waals surface area contributed by atoms with E-state index in [0.29, 0.717) is 18.7 Å². The molecule has 2 rings (SSSR count). The van der Waals surface area contributed by atoms with Gasteiger partial charge in [0.2, 0.25) is 0 Å². The maximum atomic E-state index is 12.2. The van der Waals surface area contributed by atoms with Crippen LogP contribution in [0.3, 0.4) is 0 Å². The van der Waals surface area contributed by atoms with Crippen molar-refractivity contribution in [3.05, 3.63) is 29.3 Å². The lowest BCUT2D eigenvalue weighted by molar-refractivity contribution is -0.0505. The maximum absolute atomic E-state index is 12.2. The number of ether oxygens (including phenoxy) is 2. The molecule has 0 saturated carbocycles. The fourth-order valence-electron chi connectivity index (χ4n) is 1.82. The van der Waals surface area contributed by atoms with E-state index in [2.05, 4.69) is 10.1 Å². The average molecular weight is 243 g/mol. The summed E-state index contributed by atoms with van der Waals surface area (Å²) < 4.78 is 34.4. The van der Waals surface area contributed by atoms with Gasteiger partial charge in [-0.05, 0) is 24.1 Å². The fraction of sp³-hybridized carbons (Fsp3) is 0.500. The summed E-state index contributed by atoms with van der Waals surface area (Å²) in [5.74, 6) is 0.215. The van der Waals surface area contributed by atoms with Gasteiger partial charge in [-0.25, -0.2) is 0 Å². The second kappa shape index (κ2) is 5.42. The Balaban J connectivity index is 2.17. The van der Waals surface area contributed by atoms with Crippen LogP contribution in [0.5, 0.6) is 5.75 Å². The van der Waals surface area contributed by atoms with Crippen molar-refractivity contribution in [3.63, 3.8) is 0 Å². The summed E-state index contributed by atoms with van der Waals surface area (Å²) in [6, 6.07) is 5.27. The molecule has 1 aromatic rings. The standard InChI is InChI=1S/C12H15F2NO2/c1-8-2-3-9(6-10(8)17-12(13)14)11-7-15-4-5-16-11/h2-3,6,11-12,15H,4-5,7H2,1H3. The van der Waals surface area contributed by atoms with Gasteiger partial charge in [-0.3, -0.25) is 0 Å². The van der Waals surface area contributed by atoms with Crippen molar-refractivity contribution in [2.75, 3.05) is 19.7 Å². The zero-order valence-electron chi connectivity index (χ0n) is 9.58. The molecule has 94 valence electrons. The quantitative estimate of drug-likeness (QED) is 0.883. The third kappa shape index (κ3) is 3.14. The molecule has 1 aliphatic heterocycles. The molecule has 0 amide bonds. The molecule has 1 aromatic carbocycles. The van der Waals surface area contributed by atoms with Gasteiger partial charge in [-0.2, -0.15) is 8.78 Å². The molecule has 1 unspecified atom stereocenters. The molecule has 1 N–H and O–H groups in total. The van der Waals surface area contributed by atoms with Crippen LogP contribution in [0.1, 0.15) is 17.2 Å². The predicted octanol–water partition coefficient (Wildman–Crippen LogP) is 2.26.